The van der Waals surface area contributed by atoms with Crippen LogP contribution in [-0.4, -0.2) is 19.7 Å². The first-order chi connectivity index (χ1) is 9.76. The van der Waals surface area contributed by atoms with Gasteiger partial charge in [-0.15, -0.1) is 0 Å². The van der Waals surface area contributed by atoms with Gasteiger partial charge in [0.15, 0.2) is 17.3 Å². The molecule has 0 aliphatic carbocycles. The van der Waals surface area contributed by atoms with Crippen LogP contribution in [0.2, 0.25) is 0 Å². The molecule has 2 aromatic carbocycles. The molecule has 1 aliphatic heterocycles. The Morgan fingerprint density at radius 3 is 2.60 bits per heavy atom. The Morgan fingerprint density at radius 1 is 1.10 bits per heavy atom. The van der Waals surface area contributed by atoms with Gasteiger partial charge in [0.2, 0.25) is 6.79 Å². The summed E-state index contributed by atoms with van der Waals surface area (Å²) >= 11 is 0. The van der Waals surface area contributed by atoms with Crippen molar-refractivity contribution in [1.29, 1.82) is 0 Å². The van der Waals surface area contributed by atoms with Crippen molar-refractivity contribution in [1.82, 2.24) is 0 Å². The van der Waals surface area contributed by atoms with Gasteiger partial charge in [-0.2, -0.15) is 0 Å². The molecule has 1 aliphatic rings. The summed E-state index contributed by atoms with van der Waals surface area (Å²) in [4.78, 5) is 12.2. The number of carbonyl (C=O) groups is 1. The minimum atomic E-state index is 0.0616. The number of fused-ring (bicyclic) bond motifs is 1. The van der Waals surface area contributed by atoms with E-state index in [1.807, 2.05) is 18.2 Å². The molecule has 0 atom stereocenters. The highest BCUT2D eigenvalue weighted by atomic mass is 16.7. The van der Waals surface area contributed by atoms with Gasteiger partial charge >= 0.3 is 0 Å². The Morgan fingerprint density at radius 2 is 1.85 bits per heavy atom. The van der Waals surface area contributed by atoms with Crippen LogP contribution in [0.4, 0.5) is 0 Å². The predicted octanol–water partition coefficient (Wildman–Crippen LogP) is 2.85. The molecular weight excluding hydrogens is 256 g/mol. The van der Waals surface area contributed by atoms with Gasteiger partial charge in [0, 0.05) is 12.0 Å². The second kappa shape index (κ2) is 5.25. The van der Waals surface area contributed by atoms with Crippen molar-refractivity contribution in [2.45, 2.75) is 6.42 Å². The standard InChI is InChI=1S/C16H14O4/c1-18-13-5-3-12(4-6-13)14(17)8-11-2-7-15-16(9-11)20-10-19-15/h2-7,9H,8,10H2,1H3. The van der Waals surface area contributed by atoms with Gasteiger partial charge in [-0.3, -0.25) is 4.79 Å². The molecule has 3 rings (SSSR count). The Kier molecular flexibility index (Phi) is 3.29. The first-order valence-corrected chi connectivity index (χ1v) is 6.32. The van der Waals surface area contributed by atoms with E-state index in [1.165, 1.54) is 0 Å². The monoisotopic (exact) mass is 270 g/mol. The molecule has 0 N–H and O–H groups in total. The van der Waals surface area contributed by atoms with Crippen molar-refractivity contribution in [3.8, 4) is 17.2 Å². The van der Waals surface area contributed by atoms with Gasteiger partial charge in [-0.25, -0.2) is 0 Å². The molecule has 0 radical (unpaired) electrons. The van der Waals surface area contributed by atoms with Crippen LogP contribution in [0.5, 0.6) is 17.2 Å². The lowest BCUT2D eigenvalue weighted by atomic mass is 10.0. The van der Waals surface area contributed by atoms with E-state index in [0.29, 0.717) is 17.7 Å². The van der Waals surface area contributed by atoms with Crippen molar-refractivity contribution in [2.24, 2.45) is 0 Å². The molecule has 4 nitrogen and oxygen atoms in total. The third-order valence-electron chi connectivity index (χ3n) is 3.21. The summed E-state index contributed by atoms with van der Waals surface area (Å²) in [6.07, 6.45) is 0.336. The SMILES string of the molecule is COc1ccc(C(=O)Cc2ccc3c(c2)OCO3)cc1. The molecular formula is C16H14O4. The van der Waals surface area contributed by atoms with Gasteiger partial charge in [0.1, 0.15) is 5.75 Å². The van der Waals surface area contributed by atoms with Gasteiger partial charge in [-0.05, 0) is 42.0 Å². The van der Waals surface area contributed by atoms with E-state index < -0.39 is 0 Å². The van der Waals surface area contributed by atoms with Crippen LogP contribution < -0.4 is 14.2 Å². The molecule has 0 aromatic heterocycles. The maximum Gasteiger partial charge on any atom is 0.231 e. The lowest BCUT2D eigenvalue weighted by Gasteiger charge is -2.04. The lowest BCUT2D eigenvalue weighted by Crippen LogP contribution is -2.03. The first kappa shape index (κ1) is 12.5. The number of rotatable bonds is 4. The van der Waals surface area contributed by atoms with Gasteiger partial charge in [-0.1, -0.05) is 6.07 Å². The van der Waals surface area contributed by atoms with Crippen LogP contribution in [-0.2, 0) is 6.42 Å². The molecule has 0 fully saturated rings. The molecule has 0 bridgehead atoms. The smallest absolute Gasteiger partial charge is 0.231 e. The Labute approximate surface area is 116 Å². The fraction of sp³-hybridized carbons (Fsp3) is 0.188. The quantitative estimate of drug-likeness (QED) is 0.801. The number of methoxy groups -OCH3 is 1. The predicted molar refractivity (Wildman–Crippen MR) is 73.6 cm³/mol. The highest BCUT2D eigenvalue weighted by Crippen LogP contribution is 2.32. The molecule has 102 valence electrons. The Hall–Kier alpha value is -2.49. The maximum absolute atomic E-state index is 12.2. The molecule has 0 saturated carbocycles. The molecule has 4 heteroatoms. The molecule has 0 amide bonds. The first-order valence-electron chi connectivity index (χ1n) is 6.32. The Balaban J connectivity index is 1.75. The topological polar surface area (TPSA) is 44.8 Å². The van der Waals surface area contributed by atoms with Crippen molar-refractivity contribution in [3.63, 3.8) is 0 Å². The zero-order chi connectivity index (χ0) is 13.9. The van der Waals surface area contributed by atoms with Crippen molar-refractivity contribution >= 4 is 5.78 Å². The van der Waals surface area contributed by atoms with Crippen molar-refractivity contribution < 1.29 is 19.0 Å². The number of Topliss-reactive ketones (excluding diaryl/α,β-unsaturated/α-hetero) is 1. The summed E-state index contributed by atoms with van der Waals surface area (Å²) in [5.74, 6) is 2.23. The summed E-state index contributed by atoms with van der Waals surface area (Å²) in [5.41, 5.74) is 1.58. The number of ketones is 1. The van der Waals surface area contributed by atoms with Gasteiger partial charge in [0.05, 0.1) is 7.11 Å². The molecule has 0 unspecified atom stereocenters. The van der Waals surface area contributed by atoms with Crippen LogP contribution >= 0.6 is 0 Å². The average Bonchev–Trinajstić information content (AvgIpc) is 2.95. The fourth-order valence-electron chi connectivity index (χ4n) is 2.12. The summed E-state index contributed by atoms with van der Waals surface area (Å²) in [6.45, 7) is 0.241. The summed E-state index contributed by atoms with van der Waals surface area (Å²) < 4.78 is 15.6. The Bertz CT molecular complexity index is 631. The number of hydrogen-bond donors (Lipinski definition) is 0. The number of carbonyl (C=O) groups excluding carboxylic acids is 1. The number of benzene rings is 2. The zero-order valence-electron chi connectivity index (χ0n) is 11.1. The van der Waals surface area contributed by atoms with Gasteiger partial charge in [0.25, 0.3) is 0 Å². The van der Waals surface area contributed by atoms with Crippen molar-refractivity contribution in [2.75, 3.05) is 13.9 Å². The normalized spacial score (nSPS) is 12.2. The van der Waals surface area contributed by atoms with Crippen LogP contribution in [0.3, 0.4) is 0 Å². The molecule has 0 saturated heterocycles. The molecule has 0 spiro atoms. The second-order valence-corrected chi connectivity index (χ2v) is 4.52. The minimum absolute atomic E-state index is 0.0616. The average molecular weight is 270 g/mol. The van der Waals surface area contributed by atoms with E-state index in [9.17, 15) is 4.79 Å². The highest BCUT2D eigenvalue weighted by Gasteiger charge is 2.15. The molecule has 2 aromatic rings. The fourth-order valence-corrected chi connectivity index (χ4v) is 2.12. The van der Waals surface area contributed by atoms with Gasteiger partial charge < -0.3 is 14.2 Å². The third-order valence-corrected chi connectivity index (χ3v) is 3.21. The number of ether oxygens (including phenoxy) is 3. The maximum atomic E-state index is 12.2. The molecule has 20 heavy (non-hydrogen) atoms. The van der Waals surface area contributed by atoms with E-state index in [4.69, 9.17) is 14.2 Å². The summed E-state index contributed by atoms with van der Waals surface area (Å²) in [6, 6.07) is 12.7. The highest BCUT2D eigenvalue weighted by molar-refractivity contribution is 5.97. The van der Waals surface area contributed by atoms with E-state index in [0.717, 1.165) is 17.1 Å². The van der Waals surface area contributed by atoms with E-state index in [2.05, 4.69) is 0 Å². The van der Waals surface area contributed by atoms with Crippen molar-refractivity contribution in [3.05, 3.63) is 53.6 Å². The lowest BCUT2D eigenvalue weighted by molar-refractivity contribution is 0.0993. The van der Waals surface area contributed by atoms with E-state index in [-0.39, 0.29) is 12.6 Å². The van der Waals surface area contributed by atoms with E-state index in [1.54, 1.807) is 31.4 Å². The summed E-state index contributed by atoms with van der Waals surface area (Å²) in [5, 5.41) is 0. The van der Waals surface area contributed by atoms with Crippen LogP contribution in [0.1, 0.15) is 15.9 Å². The molecule has 1 heterocycles. The largest absolute Gasteiger partial charge is 0.497 e. The van der Waals surface area contributed by atoms with Crippen LogP contribution in [0.15, 0.2) is 42.5 Å². The van der Waals surface area contributed by atoms with E-state index >= 15 is 0 Å². The van der Waals surface area contributed by atoms with Crippen LogP contribution in [0.25, 0.3) is 0 Å². The second-order valence-electron chi connectivity index (χ2n) is 4.52. The summed E-state index contributed by atoms with van der Waals surface area (Å²) in [7, 11) is 1.60. The minimum Gasteiger partial charge on any atom is -0.497 e. The van der Waals surface area contributed by atoms with Crippen LogP contribution in [0, 0.1) is 0 Å². The zero-order valence-corrected chi connectivity index (χ0v) is 11.1. The number of hydrogen-bond acceptors (Lipinski definition) is 4. The third kappa shape index (κ3) is 2.45.